The fourth-order valence-corrected chi connectivity index (χ4v) is 0.860. The van der Waals surface area contributed by atoms with Gasteiger partial charge in [-0.1, -0.05) is 12.1 Å². The zero-order chi connectivity index (χ0) is 8.27. The van der Waals surface area contributed by atoms with Crippen LogP contribution in [0.5, 0.6) is 0 Å². The highest BCUT2D eigenvalue weighted by molar-refractivity contribution is 4.97. The molecule has 1 aromatic rings. The van der Waals surface area contributed by atoms with E-state index in [1.807, 2.05) is 17.8 Å². The van der Waals surface area contributed by atoms with Crippen molar-refractivity contribution in [3.63, 3.8) is 0 Å². The Balaban J connectivity index is 2.66. The molecule has 0 aromatic carbocycles. The molecule has 62 valence electrons. The van der Waals surface area contributed by atoms with E-state index >= 15 is 0 Å². The lowest BCUT2D eigenvalue weighted by molar-refractivity contribution is 0.578. The fourth-order valence-electron chi connectivity index (χ4n) is 0.860. The highest BCUT2D eigenvalue weighted by Gasteiger charge is 2.03. The van der Waals surface area contributed by atoms with Crippen LogP contribution in [0.25, 0.3) is 0 Å². The first-order chi connectivity index (χ1) is 5.24. The molecule has 0 amide bonds. The van der Waals surface area contributed by atoms with Crippen LogP contribution < -0.4 is 5.73 Å². The van der Waals surface area contributed by atoms with Gasteiger partial charge in [0.15, 0.2) is 0 Å². The Labute approximate surface area is 66.4 Å². The van der Waals surface area contributed by atoms with Crippen LogP contribution in [0.4, 0.5) is 0 Å². The molecule has 0 aliphatic carbocycles. The Morgan fingerprint density at radius 3 is 2.91 bits per heavy atom. The van der Waals surface area contributed by atoms with Crippen LogP contribution in [0.1, 0.15) is 32.0 Å². The number of hydrogen-bond acceptors (Lipinski definition) is 3. The molecule has 1 atom stereocenters. The van der Waals surface area contributed by atoms with Crippen molar-refractivity contribution in [1.29, 1.82) is 0 Å². The van der Waals surface area contributed by atoms with Gasteiger partial charge in [0, 0.05) is 12.6 Å². The van der Waals surface area contributed by atoms with Crippen molar-refractivity contribution in [2.75, 3.05) is 0 Å². The topological polar surface area (TPSA) is 56.7 Å². The second kappa shape index (κ2) is 3.48. The summed E-state index contributed by atoms with van der Waals surface area (Å²) in [7, 11) is 0. The van der Waals surface area contributed by atoms with Crippen LogP contribution in [-0.2, 0) is 6.54 Å². The summed E-state index contributed by atoms with van der Waals surface area (Å²) in [5.74, 6) is 0. The molecule has 2 N–H and O–H groups in total. The predicted octanol–water partition coefficient (Wildman–Crippen LogP) is 0.708. The SMILES string of the molecule is CCCn1cc(C(C)N)nn1. The van der Waals surface area contributed by atoms with Crippen molar-refractivity contribution in [2.24, 2.45) is 5.73 Å². The molecule has 1 heterocycles. The Hall–Kier alpha value is -0.900. The predicted molar refractivity (Wildman–Crippen MR) is 42.9 cm³/mol. The smallest absolute Gasteiger partial charge is 0.0991 e. The highest BCUT2D eigenvalue weighted by atomic mass is 15.4. The lowest BCUT2D eigenvalue weighted by atomic mass is 10.3. The maximum atomic E-state index is 5.61. The van der Waals surface area contributed by atoms with E-state index in [9.17, 15) is 0 Å². The molecule has 0 aliphatic heterocycles. The lowest BCUT2D eigenvalue weighted by Gasteiger charge is -1.96. The number of nitrogens with two attached hydrogens (primary N) is 1. The third kappa shape index (κ3) is 2.01. The molecule has 1 rings (SSSR count). The van der Waals surface area contributed by atoms with Crippen LogP contribution in [0.3, 0.4) is 0 Å². The largest absolute Gasteiger partial charge is 0.323 e. The van der Waals surface area contributed by atoms with E-state index < -0.39 is 0 Å². The van der Waals surface area contributed by atoms with Gasteiger partial charge in [-0.05, 0) is 13.3 Å². The minimum Gasteiger partial charge on any atom is -0.323 e. The molecule has 0 fully saturated rings. The van der Waals surface area contributed by atoms with Gasteiger partial charge >= 0.3 is 0 Å². The Kier molecular flexibility index (Phi) is 2.59. The molecular formula is C7H14N4. The van der Waals surface area contributed by atoms with Gasteiger partial charge in [0.2, 0.25) is 0 Å². The van der Waals surface area contributed by atoms with Crippen LogP contribution in [0, 0.1) is 0 Å². The second-order valence-electron chi connectivity index (χ2n) is 2.70. The Morgan fingerprint density at radius 2 is 2.45 bits per heavy atom. The monoisotopic (exact) mass is 154 g/mol. The van der Waals surface area contributed by atoms with Gasteiger partial charge in [0.25, 0.3) is 0 Å². The zero-order valence-electron chi connectivity index (χ0n) is 6.99. The first-order valence-electron chi connectivity index (χ1n) is 3.89. The summed E-state index contributed by atoms with van der Waals surface area (Å²) in [6, 6.07) is -0.0133. The molecule has 0 spiro atoms. The maximum Gasteiger partial charge on any atom is 0.0991 e. The van der Waals surface area contributed by atoms with Crippen molar-refractivity contribution < 1.29 is 0 Å². The molecule has 0 saturated heterocycles. The van der Waals surface area contributed by atoms with E-state index in [1.165, 1.54) is 0 Å². The van der Waals surface area contributed by atoms with Gasteiger partial charge in [-0.3, -0.25) is 4.68 Å². The standard InChI is InChI=1S/C7H14N4/c1-3-4-11-5-7(6(2)8)9-10-11/h5-6H,3-4,8H2,1-2H3. The summed E-state index contributed by atoms with van der Waals surface area (Å²) < 4.78 is 1.82. The zero-order valence-corrected chi connectivity index (χ0v) is 6.99. The van der Waals surface area contributed by atoms with Crippen molar-refractivity contribution in [2.45, 2.75) is 32.9 Å². The summed E-state index contributed by atoms with van der Waals surface area (Å²) in [5, 5.41) is 7.84. The van der Waals surface area contributed by atoms with Crippen molar-refractivity contribution in [3.8, 4) is 0 Å². The first kappa shape index (κ1) is 8.20. The Bertz CT molecular complexity index is 216. The minimum absolute atomic E-state index is 0.0133. The van der Waals surface area contributed by atoms with E-state index in [4.69, 9.17) is 5.73 Å². The molecule has 0 radical (unpaired) electrons. The summed E-state index contributed by atoms with van der Waals surface area (Å²) >= 11 is 0. The number of aromatic nitrogens is 3. The quantitative estimate of drug-likeness (QED) is 0.697. The van der Waals surface area contributed by atoms with Crippen LogP contribution in [0.2, 0.25) is 0 Å². The van der Waals surface area contributed by atoms with E-state index in [-0.39, 0.29) is 6.04 Å². The molecule has 4 nitrogen and oxygen atoms in total. The van der Waals surface area contributed by atoms with Crippen LogP contribution in [-0.4, -0.2) is 15.0 Å². The van der Waals surface area contributed by atoms with Crippen LogP contribution in [0.15, 0.2) is 6.20 Å². The maximum absolute atomic E-state index is 5.61. The summed E-state index contributed by atoms with van der Waals surface area (Å²) in [4.78, 5) is 0. The van der Waals surface area contributed by atoms with Crippen molar-refractivity contribution in [3.05, 3.63) is 11.9 Å². The van der Waals surface area contributed by atoms with Gasteiger partial charge in [-0.15, -0.1) is 5.10 Å². The van der Waals surface area contributed by atoms with E-state index in [0.29, 0.717) is 0 Å². The Morgan fingerprint density at radius 1 is 1.73 bits per heavy atom. The molecular weight excluding hydrogens is 140 g/mol. The van der Waals surface area contributed by atoms with Gasteiger partial charge in [-0.2, -0.15) is 0 Å². The molecule has 4 heteroatoms. The summed E-state index contributed by atoms with van der Waals surface area (Å²) in [6.45, 7) is 4.92. The third-order valence-corrected chi connectivity index (χ3v) is 1.48. The van der Waals surface area contributed by atoms with Gasteiger partial charge < -0.3 is 5.73 Å². The van der Waals surface area contributed by atoms with Crippen molar-refractivity contribution >= 4 is 0 Å². The normalized spacial score (nSPS) is 13.4. The molecule has 0 bridgehead atoms. The van der Waals surface area contributed by atoms with E-state index in [1.54, 1.807) is 0 Å². The second-order valence-corrected chi connectivity index (χ2v) is 2.70. The molecule has 1 unspecified atom stereocenters. The third-order valence-electron chi connectivity index (χ3n) is 1.48. The number of nitrogens with zero attached hydrogens (tertiary/aromatic N) is 3. The van der Waals surface area contributed by atoms with Gasteiger partial charge in [-0.25, -0.2) is 0 Å². The summed E-state index contributed by atoms with van der Waals surface area (Å²) in [6.07, 6.45) is 2.97. The molecule has 1 aromatic heterocycles. The van der Waals surface area contributed by atoms with Crippen molar-refractivity contribution in [1.82, 2.24) is 15.0 Å². The van der Waals surface area contributed by atoms with Crippen LogP contribution >= 0.6 is 0 Å². The number of hydrogen-bond donors (Lipinski definition) is 1. The molecule has 0 aliphatic rings. The van der Waals surface area contributed by atoms with E-state index in [2.05, 4.69) is 17.2 Å². The lowest BCUT2D eigenvalue weighted by Crippen LogP contribution is -2.05. The average Bonchev–Trinajstić information content (AvgIpc) is 2.37. The minimum atomic E-state index is -0.0133. The molecule has 0 saturated carbocycles. The molecule has 11 heavy (non-hydrogen) atoms. The van der Waals surface area contributed by atoms with Gasteiger partial charge in [0.1, 0.15) is 0 Å². The van der Waals surface area contributed by atoms with Gasteiger partial charge in [0.05, 0.1) is 11.9 Å². The first-order valence-corrected chi connectivity index (χ1v) is 3.89. The van der Waals surface area contributed by atoms with E-state index in [0.717, 1.165) is 18.7 Å². The number of rotatable bonds is 3. The summed E-state index contributed by atoms with van der Waals surface area (Å²) in [5.41, 5.74) is 6.47. The highest BCUT2D eigenvalue weighted by Crippen LogP contribution is 2.03. The average molecular weight is 154 g/mol. The number of aryl methyl sites for hydroxylation is 1. The fraction of sp³-hybridized carbons (Fsp3) is 0.714.